The molecule has 1 amide bonds. The van der Waals surface area contributed by atoms with Gasteiger partial charge >= 0.3 is 0 Å². The molecular formula is C18H13N5OS. The predicted octanol–water partition coefficient (Wildman–Crippen LogP) is 3.71. The van der Waals surface area contributed by atoms with Gasteiger partial charge < -0.3 is 5.32 Å². The van der Waals surface area contributed by atoms with Crippen molar-refractivity contribution >= 4 is 33.8 Å². The number of nitrogens with one attached hydrogen (secondary N) is 1. The third-order valence-corrected chi connectivity index (χ3v) is 4.50. The van der Waals surface area contributed by atoms with Crippen molar-refractivity contribution in [3.63, 3.8) is 0 Å². The van der Waals surface area contributed by atoms with E-state index in [-0.39, 0.29) is 5.91 Å². The number of thiazole rings is 1. The summed E-state index contributed by atoms with van der Waals surface area (Å²) >= 11 is 1.36. The Morgan fingerprint density at radius 3 is 2.88 bits per heavy atom. The molecule has 7 heteroatoms. The van der Waals surface area contributed by atoms with E-state index in [9.17, 15) is 4.79 Å². The van der Waals surface area contributed by atoms with E-state index in [0.717, 1.165) is 16.6 Å². The second kappa shape index (κ2) is 6.37. The van der Waals surface area contributed by atoms with Crippen LogP contribution in [0.25, 0.3) is 21.6 Å². The molecule has 0 aliphatic carbocycles. The minimum atomic E-state index is -0.264. The van der Waals surface area contributed by atoms with E-state index in [1.54, 1.807) is 24.0 Å². The molecule has 1 aromatic carbocycles. The first-order chi connectivity index (χ1) is 12.2. The normalized spacial score (nSPS) is 10.8. The monoisotopic (exact) mass is 347 g/mol. The first-order valence-electron chi connectivity index (χ1n) is 7.60. The quantitative estimate of drug-likeness (QED) is 0.611. The summed E-state index contributed by atoms with van der Waals surface area (Å²) in [6.07, 6.45) is 4.82. The standard InChI is InChI=1S/C18H13N5OS/c1-11-5-6-12-13(21-11)3-2-4-14(12)22-17(24)16-10-25-18(23-16)15-9-19-7-8-20-15/h2-10H,1H3,(H,22,24). The van der Waals surface area contributed by atoms with Gasteiger partial charge in [-0.25, -0.2) is 4.98 Å². The van der Waals surface area contributed by atoms with Gasteiger partial charge in [0.15, 0.2) is 0 Å². The van der Waals surface area contributed by atoms with Crippen LogP contribution in [0.3, 0.4) is 0 Å². The fourth-order valence-electron chi connectivity index (χ4n) is 2.46. The fourth-order valence-corrected chi connectivity index (χ4v) is 3.22. The van der Waals surface area contributed by atoms with Gasteiger partial charge in [-0.1, -0.05) is 6.07 Å². The number of rotatable bonds is 3. The zero-order valence-electron chi connectivity index (χ0n) is 13.3. The second-order valence-corrected chi connectivity index (χ2v) is 6.27. The fraction of sp³-hybridized carbons (Fsp3) is 0.0556. The molecule has 4 aromatic rings. The van der Waals surface area contributed by atoms with Crippen molar-refractivity contribution in [2.45, 2.75) is 6.92 Å². The van der Waals surface area contributed by atoms with Gasteiger partial charge in [-0.2, -0.15) is 0 Å². The summed E-state index contributed by atoms with van der Waals surface area (Å²) in [5.41, 5.74) is 3.49. The van der Waals surface area contributed by atoms with Crippen molar-refractivity contribution in [3.05, 3.63) is 65.7 Å². The lowest BCUT2D eigenvalue weighted by atomic mass is 10.1. The molecule has 0 spiro atoms. The maximum atomic E-state index is 12.5. The number of aromatic nitrogens is 4. The Hall–Kier alpha value is -3.19. The van der Waals surface area contributed by atoms with Gasteiger partial charge in [-0.15, -0.1) is 11.3 Å². The summed E-state index contributed by atoms with van der Waals surface area (Å²) < 4.78 is 0. The summed E-state index contributed by atoms with van der Waals surface area (Å²) in [5.74, 6) is -0.264. The predicted molar refractivity (Wildman–Crippen MR) is 97.6 cm³/mol. The van der Waals surface area contributed by atoms with Gasteiger partial charge in [0.2, 0.25) is 0 Å². The zero-order valence-corrected chi connectivity index (χ0v) is 14.1. The van der Waals surface area contributed by atoms with Crippen LogP contribution in [0.15, 0.2) is 54.3 Å². The number of anilines is 1. The highest BCUT2D eigenvalue weighted by atomic mass is 32.1. The molecule has 0 radical (unpaired) electrons. The maximum absolute atomic E-state index is 12.5. The van der Waals surface area contributed by atoms with Crippen LogP contribution >= 0.6 is 11.3 Å². The molecule has 4 rings (SSSR count). The summed E-state index contributed by atoms with van der Waals surface area (Å²) in [4.78, 5) is 29.6. The van der Waals surface area contributed by atoms with Crippen molar-refractivity contribution in [2.75, 3.05) is 5.32 Å². The van der Waals surface area contributed by atoms with Crippen molar-refractivity contribution in [1.29, 1.82) is 0 Å². The van der Waals surface area contributed by atoms with Gasteiger partial charge in [0.25, 0.3) is 5.91 Å². The van der Waals surface area contributed by atoms with Gasteiger partial charge in [0.1, 0.15) is 16.4 Å². The van der Waals surface area contributed by atoms with Crippen LogP contribution in [0.1, 0.15) is 16.2 Å². The summed E-state index contributed by atoms with van der Waals surface area (Å²) in [6.45, 7) is 1.94. The third kappa shape index (κ3) is 3.09. The van der Waals surface area contributed by atoms with Crippen molar-refractivity contribution in [1.82, 2.24) is 19.9 Å². The Morgan fingerprint density at radius 1 is 1.12 bits per heavy atom. The molecule has 0 saturated heterocycles. The minimum absolute atomic E-state index is 0.264. The highest BCUT2D eigenvalue weighted by Gasteiger charge is 2.14. The molecule has 0 atom stereocenters. The van der Waals surface area contributed by atoms with Gasteiger partial charge in [0.05, 0.1) is 17.4 Å². The Kier molecular flexibility index (Phi) is 3.91. The van der Waals surface area contributed by atoms with Crippen LogP contribution in [0.5, 0.6) is 0 Å². The van der Waals surface area contributed by atoms with Crippen LogP contribution in [0.2, 0.25) is 0 Å². The lowest BCUT2D eigenvalue weighted by molar-refractivity contribution is 0.102. The zero-order chi connectivity index (χ0) is 17.2. The highest BCUT2D eigenvalue weighted by molar-refractivity contribution is 7.13. The molecule has 6 nitrogen and oxygen atoms in total. The van der Waals surface area contributed by atoms with Gasteiger partial charge in [-0.3, -0.25) is 19.7 Å². The molecule has 1 N–H and O–H groups in total. The van der Waals surface area contributed by atoms with Crippen LogP contribution in [-0.2, 0) is 0 Å². The molecule has 122 valence electrons. The number of aryl methyl sites for hydroxylation is 1. The SMILES string of the molecule is Cc1ccc2c(NC(=O)c3csc(-c4cnccn4)n3)cccc2n1. The van der Waals surface area contributed by atoms with E-state index in [2.05, 4.69) is 25.3 Å². The number of hydrogen-bond acceptors (Lipinski definition) is 6. The van der Waals surface area contributed by atoms with E-state index < -0.39 is 0 Å². The van der Waals surface area contributed by atoms with E-state index in [0.29, 0.717) is 22.1 Å². The first-order valence-corrected chi connectivity index (χ1v) is 8.48. The van der Waals surface area contributed by atoms with E-state index >= 15 is 0 Å². The topological polar surface area (TPSA) is 80.7 Å². The number of nitrogens with zero attached hydrogens (tertiary/aromatic N) is 4. The number of hydrogen-bond donors (Lipinski definition) is 1. The largest absolute Gasteiger partial charge is 0.320 e. The number of carbonyl (C=O) groups excluding carboxylic acids is 1. The number of benzene rings is 1. The maximum Gasteiger partial charge on any atom is 0.275 e. The molecule has 0 unspecified atom stereocenters. The summed E-state index contributed by atoms with van der Waals surface area (Å²) in [6, 6.07) is 9.53. The number of amides is 1. The van der Waals surface area contributed by atoms with Gasteiger partial charge in [-0.05, 0) is 31.2 Å². The molecule has 0 aliphatic heterocycles. The lowest BCUT2D eigenvalue weighted by Gasteiger charge is -2.07. The molecule has 3 aromatic heterocycles. The Balaban J connectivity index is 1.62. The van der Waals surface area contributed by atoms with Crippen LogP contribution in [0.4, 0.5) is 5.69 Å². The van der Waals surface area contributed by atoms with Crippen LogP contribution in [-0.4, -0.2) is 25.8 Å². The van der Waals surface area contributed by atoms with E-state index in [1.165, 1.54) is 11.3 Å². The van der Waals surface area contributed by atoms with Crippen LogP contribution in [0, 0.1) is 6.92 Å². The minimum Gasteiger partial charge on any atom is -0.320 e. The average Bonchev–Trinajstić information content (AvgIpc) is 3.13. The number of carbonyl (C=O) groups is 1. The summed E-state index contributed by atoms with van der Waals surface area (Å²) in [7, 11) is 0. The number of fused-ring (bicyclic) bond motifs is 1. The van der Waals surface area contributed by atoms with Crippen molar-refractivity contribution < 1.29 is 4.79 Å². The second-order valence-electron chi connectivity index (χ2n) is 5.41. The van der Waals surface area contributed by atoms with E-state index in [1.807, 2.05) is 37.3 Å². The smallest absolute Gasteiger partial charge is 0.275 e. The van der Waals surface area contributed by atoms with Gasteiger partial charge in [0, 0.05) is 28.9 Å². The molecule has 0 saturated carbocycles. The molecule has 3 heterocycles. The Morgan fingerprint density at radius 2 is 2.04 bits per heavy atom. The lowest BCUT2D eigenvalue weighted by Crippen LogP contribution is -2.12. The molecular weight excluding hydrogens is 334 g/mol. The molecule has 0 bridgehead atoms. The molecule has 25 heavy (non-hydrogen) atoms. The molecule has 0 aliphatic rings. The van der Waals surface area contributed by atoms with Crippen LogP contribution < -0.4 is 5.32 Å². The third-order valence-electron chi connectivity index (χ3n) is 3.64. The van der Waals surface area contributed by atoms with Crippen molar-refractivity contribution in [2.24, 2.45) is 0 Å². The molecule has 0 fully saturated rings. The van der Waals surface area contributed by atoms with Crippen molar-refractivity contribution in [3.8, 4) is 10.7 Å². The average molecular weight is 347 g/mol. The highest BCUT2D eigenvalue weighted by Crippen LogP contribution is 2.24. The first kappa shape index (κ1) is 15.3. The van der Waals surface area contributed by atoms with E-state index in [4.69, 9.17) is 0 Å². The Labute approximate surface area is 147 Å². The number of pyridine rings is 1. The Bertz CT molecular complexity index is 1060. The summed E-state index contributed by atoms with van der Waals surface area (Å²) in [5, 5.41) is 6.18.